The fourth-order valence-electron chi connectivity index (χ4n) is 5.36. The molecular weight excluding hydrogens is 615 g/mol. The van der Waals surface area contributed by atoms with E-state index in [1.807, 2.05) is 13.0 Å². The zero-order valence-electron chi connectivity index (χ0n) is 17.0. The number of carbonyl (C=O) groups excluding carboxylic acids is 3. The Kier molecular flexibility index (Phi) is 7.21. The van der Waals surface area contributed by atoms with Crippen LogP contribution in [-0.4, -0.2) is 38.8 Å². The summed E-state index contributed by atoms with van der Waals surface area (Å²) in [5, 5.41) is 3.46. The minimum absolute atomic E-state index is 0.00619. The molecule has 1 aromatic carbocycles. The maximum Gasteiger partial charge on any atom is 0.233 e. The highest BCUT2D eigenvalue weighted by atomic mass is 79.9. The summed E-state index contributed by atoms with van der Waals surface area (Å²) in [6, 6.07) is 3.61. The quantitative estimate of drug-likeness (QED) is 0.237. The van der Waals surface area contributed by atoms with Crippen molar-refractivity contribution in [3.05, 3.63) is 27.2 Å². The van der Waals surface area contributed by atoms with Gasteiger partial charge in [0.1, 0.15) is 0 Å². The second-order valence-corrected chi connectivity index (χ2v) is 12.1. The van der Waals surface area contributed by atoms with Gasteiger partial charge in [-0.15, -0.1) is 0 Å². The molecule has 3 aliphatic rings. The number of amides is 3. The van der Waals surface area contributed by atoms with Crippen molar-refractivity contribution in [1.82, 2.24) is 4.90 Å². The molecule has 9 heteroatoms. The van der Waals surface area contributed by atoms with Gasteiger partial charge in [0.2, 0.25) is 17.7 Å². The van der Waals surface area contributed by atoms with Crippen LogP contribution in [-0.2, 0) is 14.4 Å². The molecule has 6 unspecified atom stereocenters. The molecule has 2 bridgehead atoms. The van der Waals surface area contributed by atoms with E-state index in [4.69, 9.17) is 11.6 Å². The fourth-order valence-corrected chi connectivity index (χ4v) is 7.85. The fraction of sp³-hybridized carbons (Fsp3) is 0.591. The Morgan fingerprint density at radius 3 is 2.32 bits per heavy atom. The number of alkyl halides is 2. The van der Waals surface area contributed by atoms with Gasteiger partial charge in [0.25, 0.3) is 0 Å². The minimum atomic E-state index is -0.151. The average molecular weight is 640 g/mol. The van der Waals surface area contributed by atoms with Crippen LogP contribution < -0.4 is 5.32 Å². The van der Waals surface area contributed by atoms with Crippen LogP contribution in [0, 0.1) is 30.6 Å². The molecule has 4 rings (SSSR count). The molecule has 6 atom stereocenters. The first-order chi connectivity index (χ1) is 14.7. The molecule has 2 saturated carbocycles. The lowest BCUT2D eigenvalue weighted by atomic mass is 9.81. The molecular formula is C22H24Br3ClN2O3. The molecule has 3 fully saturated rings. The van der Waals surface area contributed by atoms with Gasteiger partial charge in [-0.25, -0.2) is 0 Å². The van der Waals surface area contributed by atoms with Gasteiger partial charge in [-0.2, -0.15) is 0 Å². The second kappa shape index (κ2) is 9.43. The van der Waals surface area contributed by atoms with E-state index >= 15 is 0 Å². The number of unbranched alkanes of at least 4 members (excludes halogenated alkanes) is 2. The SMILES string of the molecule is Cc1cc(Br)c(Cl)cc1NC(=O)CCCCCN1C(=O)C2C3CC(C(Br)C3Br)C2C1=O. The van der Waals surface area contributed by atoms with Gasteiger partial charge in [-0.3, -0.25) is 19.3 Å². The van der Waals surface area contributed by atoms with Crippen molar-refractivity contribution in [2.24, 2.45) is 23.7 Å². The number of likely N-dealkylation sites (tertiary alicyclic amines) is 1. The summed E-state index contributed by atoms with van der Waals surface area (Å²) in [7, 11) is 0. The average Bonchev–Trinajstić information content (AvgIpc) is 3.32. The van der Waals surface area contributed by atoms with Crippen molar-refractivity contribution in [3.8, 4) is 0 Å². The van der Waals surface area contributed by atoms with Crippen molar-refractivity contribution in [2.75, 3.05) is 11.9 Å². The van der Waals surface area contributed by atoms with Crippen molar-refractivity contribution in [1.29, 1.82) is 0 Å². The highest BCUT2D eigenvalue weighted by molar-refractivity contribution is 9.12. The first kappa shape index (κ1) is 23.7. The zero-order chi connectivity index (χ0) is 22.4. The van der Waals surface area contributed by atoms with E-state index in [-0.39, 0.29) is 51.0 Å². The van der Waals surface area contributed by atoms with Gasteiger partial charge >= 0.3 is 0 Å². The lowest BCUT2D eigenvalue weighted by molar-refractivity contribution is -0.140. The van der Waals surface area contributed by atoms with Crippen molar-refractivity contribution >= 4 is 82.8 Å². The van der Waals surface area contributed by atoms with E-state index in [1.165, 1.54) is 4.90 Å². The Hall–Kier alpha value is -0.440. The molecule has 1 N–H and O–H groups in total. The maximum absolute atomic E-state index is 12.9. The van der Waals surface area contributed by atoms with E-state index in [1.54, 1.807) is 6.07 Å². The van der Waals surface area contributed by atoms with Gasteiger partial charge in [-0.05, 0) is 71.6 Å². The molecule has 5 nitrogen and oxygen atoms in total. The number of fused-ring (bicyclic) bond motifs is 5. The van der Waals surface area contributed by atoms with E-state index < -0.39 is 0 Å². The molecule has 1 aromatic rings. The minimum Gasteiger partial charge on any atom is -0.326 e. The largest absolute Gasteiger partial charge is 0.326 e. The van der Waals surface area contributed by atoms with Crippen molar-refractivity contribution in [3.63, 3.8) is 0 Å². The van der Waals surface area contributed by atoms with Gasteiger partial charge in [0.05, 0.1) is 16.9 Å². The third-order valence-electron chi connectivity index (χ3n) is 6.91. The molecule has 1 heterocycles. The molecule has 3 amide bonds. The number of aryl methyl sites for hydroxylation is 1. The predicted octanol–water partition coefficient (Wildman–Crippen LogP) is 5.69. The number of halogens is 4. The molecule has 0 aromatic heterocycles. The smallest absolute Gasteiger partial charge is 0.233 e. The van der Waals surface area contributed by atoms with Crippen LogP contribution in [0.3, 0.4) is 0 Å². The molecule has 0 radical (unpaired) electrons. The second-order valence-electron chi connectivity index (χ2n) is 8.77. The van der Waals surface area contributed by atoms with Crippen LogP contribution in [0.5, 0.6) is 0 Å². The summed E-state index contributed by atoms with van der Waals surface area (Å²) in [4.78, 5) is 40.0. The Labute approximate surface area is 212 Å². The molecule has 31 heavy (non-hydrogen) atoms. The number of hydrogen-bond donors (Lipinski definition) is 1. The van der Waals surface area contributed by atoms with Gasteiger partial charge in [0.15, 0.2) is 0 Å². The third-order valence-corrected chi connectivity index (χ3v) is 11.3. The zero-order valence-corrected chi connectivity index (χ0v) is 22.6. The number of carbonyl (C=O) groups is 3. The van der Waals surface area contributed by atoms with E-state index in [9.17, 15) is 14.4 Å². The summed E-state index contributed by atoms with van der Waals surface area (Å²) in [5.41, 5.74) is 1.65. The molecule has 168 valence electrons. The van der Waals surface area contributed by atoms with Crippen LogP contribution in [0.4, 0.5) is 5.69 Å². The van der Waals surface area contributed by atoms with Gasteiger partial charge in [0, 0.05) is 32.8 Å². The third kappa shape index (κ3) is 4.38. The van der Waals surface area contributed by atoms with E-state index in [0.717, 1.165) is 29.3 Å². The number of rotatable bonds is 7. The first-order valence-corrected chi connectivity index (χ1v) is 13.6. The maximum atomic E-state index is 12.9. The van der Waals surface area contributed by atoms with Crippen molar-refractivity contribution < 1.29 is 14.4 Å². The Bertz CT molecular complexity index is 896. The van der Waals surface area contributed by atoms with Crippen LogP contribution >= 0.6 is 59.4 Å². The lowest BCUT2D eigenvalue weighted by Crippen LogP contribution is -2.37. The molecule has 1 aliphatic heterocycles. The van der Waals surface area contributed by atoms with Crippen LogP contribution in [0.1, 0.15) is 37.7 Å². The van der Waals surface area contributed by atoms with Crippen LogP contribution in [0.15, 0.2) is 16.6 Å². The van der Waals surface area contributed by atoms with E-state index in [2.05, 4.69) is 53.1 Å². The van der Waals surface area contributed by atoms with E-state index in [0.29, 0.717) is 30.1 Å². The summed E-state index contributed by atoms with van der Waals surface area (Å²) in [5.74, 6) is 0.149. The Balaban J connectivity index is 1.22. The molecule has 1 saturated heterocycles. The number of imide groups is 1. The van der Waals surface area contributed by atoms with Crippen LogP contribution in [0.2, 0.25) is 5.02 Å². The standard InChI is InChI=1S/C22H24Br3ClN2O3/c1-10-7-13(23)14(26)9-15(10)27-16(29)5-3-2-4-6-28-21(30)17-11-8-12(18(17)22(28)31)20(25)19(11)24/h7,9,11-12,17-20H,2-6,8H2,1H3,(H,27,29). The predicted molar refractivity (Wildman–Crippen MR) is 132 cm³/mol. The van der Waals surface area contributed by atoms with Crippen molar-refractivity contribution in [2.45, 2.75) is 48.7 Å². The Morgan fingerprint density at radius 2 is 1.71 bits per heavy atom. The molecule has 0 spiro atoms. The number of nitrogens with one attached hydrogen (secondary N) is 1. The number of anilines is 1. The lowest BCUT2D eigenvalue weighted by Gasteiger charge is -2.28. The number of nitrogens with zero attached hydrogens (tertiary/aromatic N) is 1. The summed E-state index contributed by atoms with van der Waals surface area (Å²) >= 11 is 16.9. The highest BCUT2D eigenvalue weighted by Crippen LogP contribution is 2.60. The number of benzene rings is 1. The summed E-state index contributed by atoms with van der Waals surface area (Å²) < 4.78 is 0.797. The molecule has 2 aliphatic carbocycles. The van der Waals surface area contributed by atoms with Crippen LogP contribution in [0.25, 0.3) is 0 Å². The summed E-state index contributed by atoms with van der Waals surface area (Å²) in [6.45, 7) is 2.37. The highest BCUT2D eigenvalue weighted by Gasteiger charge is 2.66. The summed E-state index contributed by atoms with van der Waals surface area (Å²) in [6.07, 6.45) is 3.55. The first-order valence-electron chi connectivity index (χ1n) is 10.6. The van der Waals surface area contributed by atoms with Gasteiger partial charge < -0.3 is 5.32 Å². The Morgan fingerprint density at radius 1 is 1.10 bits per heavy atom. The normalized spacial score (nSPS) is 31.5. The topological polar surface area (TPSA) is 66.5 Å². The van der Waals surface area contributed by atoms with Gasteiger partial charge in [-0.1, -0.05) is 49.9 Å². The monoisotopic (exact) mass is 636 g/mol. The number of hydrogen-bond acceptors (Lipinski definition) is 3.